The number of aromatic nitrogens is 2. The molecule has 0 bridgehead atoms. The Morgan fingerprint density at radius 2 is 1.96 bits per heavy atom. The fraction of sp³-hybridized carbons (Fsp3) is 0.211. The van der Waals surface area contributed by atoms with Crippen molar-refractivity contribution >= 4 is 18.3 Å². The molecule has 0 saturated heterocycles. The smallest absolute Gasteiger partial charge is 0.251 e. The van der Waals surface area contributed by atoms with Gasteiger partial charge in [0.05, 0.1) is 6.04 Å². The Bertz CT molecular complexity index is 833. The van der Waals surface area contributed by atoms with E-state index in [9.17, 15) is 4.79 Å². The lowest BCUT2D eigenvalue weighted by molar-refractivity contribution is 0.0934. The van der Waals surface area contributed by atoms with Crippen molar-refractivity contribution in [3.63, 3.8) is 0 Å². The minimum absolute atomic E-state index is 0. The van der Waals surface area contributed by atoms with Crippen molar-refractivity contribution in [2.45, 2.75) is 26.3 Å². The number of nitrogens with zero attached hydrogens (tertiary/aromatic N) is 2. The molecule has 1 N–H and O–H groups in total. The summed E-state index contributed by atoms with van der Waals surface area (Å²) in [4.78, 5) is 16.5. The largest absolute Gasteiger partial charge is 0.359 e. The summed E-state index contributed by atoms with van der Waals surface area (Å²) in [5, 5.41) is 7.02. The van der Waals surface area contributed by atoms with Crippen LogP contribution in [0.15, 0.2) is 59.3 Å². The molecule has 0 spiro atoms. The highest BCUT2D eigenvalue weighted by Gasteiger charge is 2.16. The first-order valence-electron chi connectivity index (χ1n) is 7.95. The summed E-state index contributed by atoms with van der Waals surface area (Å²) in [6, 6.07) is 14.6. The van der Waals surface area contributed by atoms with Gasteiger partial charge in [-0.1, -0.05) is 30.3 Å². The maximum atomic E-state index is 12.2. The molecule has 2 aromatic heterocycles. The van der Waals surface area contributed by atoms with Crippen molar-refractivity contribution < 1.29 is 9.32 Å². The molecule has 0 radical (unpaired) electrons. The molecule has 0 aliphatic heterocycles. The van der Waals surface area contributed by atoms with Gasteiger partial charge >= 0.3 is 0 Å². The Balaban J connectivity index is 0.00000225. The Morgan fingerprint density at radius 3 is 2.68 bits per heavy atom. The fourth-order valence-corrected chi connectivity index (χ4v) is 2.40. The van der Waals surface area contributed by atoms with Crippen molar-refractivity contribution in [2.24, 2.45) is 0 Å². The number of aryl methyl sites for hydroxylation is 1. The lowest BCUT2D eigenvalue weighted by atomic mass is 10.1. The van der Waals surface area contributed by atoms with Gasteiger partial charge in [-0.15, -0.1) is 12.4 Å². The van der Waals surface area contributed by atoms with Crippen molar-refractivity contribution in [1.82, 2.24) is 15.5 Å². The summed E-state index contributed by atoms with van der Waals surface area (Å²) in [6.07, 6.45) is 2.63. The molecule has 1 aromatic carbocycles. The second-order valence-corrected chi connectivity index (χ2v) is 5.57. The summed E-state index contributed by atoms with van der Waals surface area (Å²) < 4.78 is 5.41. The summed E-state index contributed by atoms with van der Waals surface area (Å²) in [5.74, 6) is 0.474. The molecule has 1 atom stereocenters. The van der Waals surface area contributed by atoms with Gasteiger partial charge in [0, 0.05) is 29.1 Å². The van der Waals surface area contributed by atoms with Crippen LogP contribution in [0.5, 0.6) is 0 Å². The van der Waals surface area contributed by atoms with Crippen molar-refractivity contribution in [1.29, 1.82) is 0 Å². The van der Waals surface area contributed by atoms with Gasteiger partial charge in [-0.2, -0.15) is 0 Å². The minimum atomic E-state index is -0.272. The van der Waals surface area contributed by atoms with Gasteiger partial charge in [-0.05, 0) is 37.6 Å². The normalized spacial score (nSPS) is 11.4. The van der Waals surface area contributed by atoms with E-state index in [0.29, 0.717) is 11.3 Å². The summed E-state index contributed by atoms with van der Waals surface area (Å²) in [5.41, 5.74) is 3.31. The van der Waals surface area contributed by atoms with Crippen LogP contribution < -0.4 is 5.32 Å². The molecule has 0 unspecified atom stereocenters. The maximum absolute atomic E-state index is 12.2. The Hall–Kier alpha value is -2.66. The number of amides is 1. The molecule has 3 rings (SSSR count). The van der Waals surface area contributed by atoms with Gasteiger partial charge in [-0.25, -0.2) is 0 Å². The zero-order chi connectivity index (χ0) is 16.9. The Labute approximate surface area is 152 Å². The zero-order valence-electron chi connectivity index (χ0n) is 14.1. The summed E-state index contributed by atoms with van der Waals surface area (Å²) in [7, 11) is 0. The Morgan fingerprint density at radius 1 is 1.20 bits per heavy atom. The Kier molecular flexibility index (Phi) is 6.31. The van der Waals surface area contributed by atoms with Crippen LogP contribution in [0.3, 0.4) is 0 Å². The molecule has 1 amide bonds. The molecule has 0 fully saturated rings. The lowest BCUT2D eigenvalue weighted by Gasteiger charge is -2.10. The second kappa shape index (κ2) is 8.44. The van der Waals surface area contributed by atoms with Crippen LogP contribution in [0.2, 0.25) is 0 Å². The zero-order valence-corrected chi connectivity index (χ0v) is 14.9. The van der Waals surface area contributed by atoms with E-state index in [1.165, 1.54) is 0 Å². The molecule has 25 heavy (non-hydrogen) atoms. The first-order chi connectivity index (χ1) is 11.7. The third-order valence-corrected chi connectivity index (χ3v) is 3.81. The lowest BCUT2D eigenvalue weighted by Crippen LogP contribution is -2.26. The molecular formula is C19H20ClN3O2. The van der Waals surface area contributed by atoms with Crippen molar-refractivity contribution in [3.05, 3.63) is 71.7 Å². The monoisotopic (exact) mass is 357 g/mol. The molecule has 130 valence electrons. The van der Waals surface area contributed by atoms with Crippen LogP contribution in [-0.4, -0.2) is 16.0 Å². The average Bonchev–Trinajstić information content (AvgIpc) is 3.13. The number of pyridine rings is 1. The van der Waals surface area contributed by atoms with E-state index in [4.69, 9.17) is 4.52 Å². The highest BCUT2D eigenvalue weighted by Crippen LogP contribution is 2.23. The molecule has 5 nitrogen and oxygen atoms in total. The molecule has 6 heteroatoms. The average molecular weight is 358 g/mol. The minimum Gasteiger partial charge on any atom is -0.359 e. The summed E-state index contributed by atoms with van der Waals surface area (Å²) in [6.45, 7) is 3.93. The van der Waals surface area contributed by atoms with Crippen molar-refractivity contribution in [3.8, 4) is 11.3 Å². The number of benzene rings is 1. The van der Waals surface area contributed by atoms with Crippen LogP contribution in [0.4, 0.5) is 0 Å². The van der Waals surface area contributed by atoms with Gasteiger partial charge in [0.1, 0.15) is 5.69 Å². The third-order valence-electron chi connectivity index (χ3n) is 3.81. The van der Waals surface area contributed by atoms with Crippen molar-refractivity contribution in [2.75, 3.05) is 0 Å². The first kappa shape index (κ1) is 18.7. The van der Waals surface area contributed by atoms with E-state index < -0.39 is 0 Å². The molecule has 0 saturated carbocycles. The maximum Gasteiger partial charge on any atom is 0.251 e. The predicted octanol–water partition coefficient (Wildman–Crippen LogP) is 4.21. The third kappa shape index (κ3) is 4.45. The molecule has 3 aromatic rings. The van der Waals surface area contributed by atoms with Gasteiger partial charge in [-0.3, -0.25) is 9.78 Å². The van der Waals surface area contributed by atoms with Crippen LogP contribution >= 0.6 is 12.4 Å². The van der Waals surface area contributed by atoms with E-state index in [0.717, 1.165) is 23.4 Å². The number of halogens is 1. The number of nitrogens with one attached hydrogen (secondary N) is 1. The van der Waals surface area contributed by atoms with Gasteiger partial charge < -0.3 is 9.84 Å². The van der Waals surface area contributed by atoms with E-state index in [2.05, 4.69) is 22.4 Å². The first-order valence-corrected chi connectivity index (χ1v) is 7.95. The van der Waals surface area contributed by atoms with E-state index >= 15 is 0 Å². The van der Waals surface area contributed by atoms with E-state index in [1.54, 1.807) is 18.3 Å². The molecule has 2 heterocycles. The van der Waals surface area contributed by atoms with Crippen LogP contribution in [-0.2, 0) is 6.42 Å². The van der Waals surface area contributed by atoms with E-state index in [-0.39, 0.29) is 24.4 Å². The van der Waals surface area contributed by atoms with Gasteiger partial charge in [0.25, 0.3) is 5.91 Å². The fourth-order valence-electron chi connectivity index (χ4n) is 2.40. The molecular weight excluding hydrogens is 338 g/mol. The second-order valence-electron chi connectivity index (χ2n) is 5.57. The number of carbonyl (C=O) groups excluding carboxylic acids is 1. The number of rotatable bonds is 5. The van der Waals surface area contributed by atoms with Crippen LogP contribution in [0.25, 0.3) is 11.3 Å². The van der Waals surface area contributed by atoms with Gasteiger partial charge in [0.2, 0.25) is 0 Å². The number of hydrogen-bond donors (Lipinski definition) is 1. The number of hydrogen-bond acceptors (Lipinski definition) is 4. The topological polar surface area (TPSA) is 68.0 Å². The summed E-state index contributed by atoms with van der Waals surface area (Å²) >= 11 is 0. The molecule has 0 aliphatic carbocycles. The van der Waals surface area contributed by atoms with E-state index in [1.807, 2.05) is 43.3 Å². The highest BCUT2D eigenvalue weighted by molar-refractivity contribution is 5.94. The quantitative estimate of drug-likeness (QED) is 0.742. The SMILES string of the molecule is CCc1cc(-c2cc([C@@H](C)NC(=O)c3ccccc3)on2)ccn1.Cl. The van der Waals surface area contributed by atoms with Crippen LogP contribution in [0.1, 0.15) is 41.7 Å². The molecule has 0 aliphatic rings. The van der Waals surface area contributed by atoms with Crippen LogP contribution in [0, 0.1) is 0 Å². The highest BCUT2D eigenvalue weighted by atomic mass is 35.5. The predicted molar refractivity (Wildman–Crippen MR) is 98.7 cm³/mol. The standard InChI is InChI=1S/C19H19N3O2.ClH/c1-3-16-11-15(9-10-20-16)17-12-18(24-22-17)13(2)21-19(23)14-7-5-4-6-8-14;/h4-13H,3H2,1-2H3,(H,21,23);1H/t13-;/m1./s1. The van der Waals surface area contributed by atoms with Gasteiger partial charge in [0.15, 0.2) is 5.76 Å². The number of carbonyl (C=O) groups is 1.